The van der Waals surface area contributed by atoms with Crippen LogP contribution in [0.2, 0.25) is 0 Å². The molecule has 2 atom stereocenters. The highest BCUT2D eigenvalue weighted by atomic mass is 31.2. The number of hydrazine groups is 1. The molecule has 1 saturated heterocycles. The third-order valence-corrected chi connectivity index (χ3v) is 12.7. The number of aromatic nitrogens is 1. The Morgan fingerprint density at radius 2 is 1.16 bits per heavy atom. The van der Waals surface area contributed by atoms with Crippen LogP contribution in [-0.2, 0) is 0 Å². The van der Waals surface area contributed by atoms with Gasteiger partial charge in [-0.3, -0.25) is 10.0 Å². The van der Waals surface area contributed by atoms with E-state index < -0.39 is 7.26 Å². The maximum atomic E-state index is 4.81. The van der Waals surface area contributed by atoms with Crippen molar-refractivity contribution in [3.63, 3.8) is 0 Å². The average molecular weight is 511 g/mol. The van der Waals surface area contributed by atoms with E-state index in [0.717, 1.165) is 12.4 Å². The van der Waals surface area contributed by atoms with E-state index in [9.17, 15) is 0 Å². The van der Waals surface area contributed by atoms with Crippen LogP contribution in [0.3, 0.4) is 0 Å². The molecule has 0 N–H and O–H groups in total. The molecule has 0 bridgehead atoms. The largest absolute Gasteiger partial charge is 0.279 e. The molecule has 5 aromatic rings. The second-order valence-electron chi connectivity index (χ2n) is 9.84. The molecule has 2 aliphatic rings. The van der Waals surface area contributed by atoms with Crippen molar-refractivity contribution in [2.45, 2.75) is 11.7 Å². The number of benzene rings is 4. The quantitative estimate of drug-likeness (QED) is 0.262. The summed E-state index contributed by atoms with van der Waals surface area (Å²) in [6.45, 7) is 0.868. The van der Waals surface area contributed by atoms with Gasteiger partial charge in [0.05, 0.1) is 6.54 Å². The minimum absolute atomic E-state index is 0.173. The van der Waals surface area contributed by atoms with Crippen molar-refractivity contribution < 1.29 is 0 Å². The number of hydrogen-bond acceptors (Lipinski definition) is 3. The highest BCUT2D eigenvalue weighted by Crippen LogP contribution is 2.66. The number of pyridine rings is 1. The Hall–Kier alpha value is -4.20. The summed E-state index contributed by atoms with van der Waals surface area (Å²) in [7, 11) is -2.15. The van der Waals surface area contributed by atoms with E-state index in [1.54, 1.807) is 0 Å². The molecule has 4 heteroatoms. The van der Waals surface area contributed by atoms with E-state index >= 15 is 0 Å². The highest BCUT2D eigenvalue weighted by Gasteiger charge is 2.61. The van der Waals surface area contributed by atoms with Crippen molar-refractivity contribution in [1.29, 1.82) is 0 Å². The molecule has 3 heterocycles. The lowest BCUT2D eigenvalue weighted by molar-refractivity contribution is 0.328. The summed E-state index contributed by atoms with van der Waals surface area (Å²) in [5, 5.41) is 9.08. The second kappa shape index (κ2) is 9.59. The van der Waals surface area contributed by atoms with E-state index in [1.807, 2.05) is 12.3 Å². The van der Waals surface area contributed by atoms with Crippen LogP contribution in [0, 0.1) is 0 Å². The Morgan fingerprint density at radius 3 is 1.74 bits per heavy atom. The fraction of sp³-hybridized carbons (Fsp3) is 0.0882. The predicted molar refractivity (Wildman–Crippen MR) is 161 cm³/mol. The molecule has 1 fully saturated rings. The molecular weight excluding hydrogens is 481 g/mol. The van der Waals surface area contributed by atoms with Gasteiger partial charge in [-0.1, -0.05) is 84.9 Å². The number of anilines is 1. The van der Waals surface area contributed by atoms with Crippen molar-refractivity contribution in [2.24, 2.45) is 0 Å². The van der Waals surface area contributed by atoms with Crippen molar-refractivity contribution >= 4 is 35.1 Å². The topological polar surface area (TPSA) is 19.4 Å². The number of hydrogen-bond donors (Lipinski definition) is 0. The third kappa shape index (κ3) is 3.58. The normalized spacial score (nSPS) is 18.2. The molecule has 38 heavy (non-hydrogen) atoms. The van der Waals surface area contributed by atoms with Gasteiger partial charge >= 0.3 is 0 Å². The van der Waals surface area contributed by atoms with Crippen LogP contribution < -0.4 is 20.9 Å². The van der Waals surface area contributed by atoms with Gasteiger partial charge in [0, 0.05) is 12.4 Å². The monoisotopic (exact) mass is 510 g/mol. The Bertz CT molecular complexity index is 1460. The van der Waals surface area contributed by atoms with Gasteiger partial charge in [0.25, 0.3) is 0 Å². The summed E-state index contributed by atoms with van der Waals surface area (Å²) in [5.41, 5.74) is 2.97. The first kappa shape index (κ1) is 23.0. The minimum atomic E-state index is -2.15. The molecule has 7 rings (SSSR count). The standard InChI is InChI=1S/C34H29N3P/c1-4-15-28(16-5-1)38(29-17-6-2-7-18-29,30-19-8-3-9-20-30)32-26-37(33-22-12-13-24-35-33)36-25-23-27-14-10-11-21-31(27)34(32)36/h1-25,32,34H,26H2/q+1. The van der Waals surface area contributed by atoms with Gasteiger partial charge in [-0.25, -0.2) is 4.98 Å². The smallest absolute Gasteiger partial charge is 0.147 e. The van der Waals surface area contributed by atoms with Gasteiger partial charge in [-0.2, -0.15) is 0 Å². The van der Waals surface area contributed by atoms with Crippen LogP contribution in [0.1, 0.15) is 17.2 Å². The molecule has 0 radical (unpaired) electrons. The molecule has 2 unspecified atom stereocenters. The predicted octanol–water partition coefficient (Wildman–Crippen LogP) is 6.21. The van der Waals surface area contributed by atoms with Gasteiger partial charge in [-0.05, 0) is 65.7 Å². The van der Waals surface area contributed by atoms with Crippen molar-refractivity contribution in [1.82, 2.24) is 9.99 Å². The number of rotatable bonds is 5. The lowest BCUT2D eigenvalue weighted by Crippen LogP contribution is -2.42. The average Bonchev–Trinajstić information content (AvgIpc) is 3.40. The molecule has 4 aromatic carbocycles. The van der Waals surface area contributed by atoms with E-state index in [-0.39, 0.29) is 6.04 Å². The van der Waals surface area contributed by atoms with Gasteiger partial charge in [0.1, 0.15) is 40.7 Å². The van der Waals surface area contributed by atoms with Crippen molar-refractivity contribution in [3.05, 3.63) is 157 Å². The molecule has 0 aliphatic carbocycles. The molecule has 2 aliphatic heterocycles. The Morgan fingerprint density at radius 1 is 0.605 bits per heavy atom. The van der Waals surface area contributed by atoms with Gasteiger partial charge < -0.3 is 0 Å². The van der Waals surface area contributed by atoms with Crippen LogP contribution in [0.15, 0.2) is 146 Å². The molecule has 1 aromatic heterocycles. The number of fused-ring (bicyclic) bond motifs is 3. The van der Waals surface area contributed by atoms with E-state index in [2.05, 4.69) is 150 Å². The first-order chi connectivity index (χ1) is 18.9. The zero-order valence-electron chi connectivity index (χ0n) is 21.1. The Labute approximate surface area is 225 Å². The zero-order valence-corrected chi connectivity index (χ0v) is 22.0. The molecule has 0 spiro atoms. The maximum absolute atomic E-state index is 4.81. The number of nitrogens with zero attached hydrogens (tertiary/aromatic N) is 3. The molecular formula is C34H29N3P+. The molecule has 3 nitrogen and oxygen atoms in total. The first-order valence-electron chi connectivity index (χ1n) is 13.2. The second-order valence-corrected chi connectivity index (χ2v) is 13.5. The lowest BCUT2D eigenvalue weighted by Gasteiger charge is -2.38. The van der Waals surface area contributed by atoms with Crippen LogP contribution in [0.4, 0.5) is 5.82 Å². The fourth-order valence-corrected chi connectivity index (χ4v) is 11.5. The van der Waals surface area contributed by atoms with Gasteiger partial charge in [0.15, 0.2) is 0 Å². The summed E-state index contributed by atoms with van der Waals surface area (Å²) >= 11 is 0. The Kier molecular flexibility index (Phi) is 5.80. The van der Waals surface area contributed by atoms with Crippen molar-refractivity contribution in [3.8, 4) is 0 Å². The molecule has 0 amide bonds. The van der Waals surface area contributed by atoms with E-state index in [4.69, 9.17) is 4.98 Å². The molecule has 0 saturated carbocycles. The lowest BCUT2D eigenvalue weighted by atomic mass is 9.96. The minimum Gasteiger partial charge on any atom is -0.279 e. The van der Waals surface area contributed by atoms with Crippen LogP contribution in [0.5, 0.6) is 0 Å². The van der Waals surface area contributed by atoms with Gasteiger partial charge in [-0.15, -0.1) is 0 Å². The summed E-state index contributed by atoms with van der Waals surface area (Å²) in [5.74, 6) is 0.983. The van der Waals surface area contributed by atoms with Crippen LogP contribution in [-0.4, -0.2) is 22.2 Å². The summed E-state index contributed by atoms with van der Waals surface area (Å²) < 4.78 is 0. The van der Waals surface area contributed by atoms with E-state index in [0.29, 0.717) is 5.66 Å². The fourth-order valence-electron chi connectivity index (χ4n) is 6.37. The zero-order chi connectivity index (χ0) is 25.4. The SMILES string of the molecule is C1=CN2C(c3ccccc31)C([P+](c1ccccc1)(c1ccccc1)c1ccccc1)CN2c1ccccn1. The van der Waals surface area contributed by atoms with Crippen molar-refractivity contribution in [2.75, 3.05) is 11.6 Å². The third-order valence-electron chi connectivity index (χ3n) is 7.91. The summed E-state index contributed by atoms with van der Waals surface area (Å²) in [6.07, 6.45) is 6.41. The van der Waals surface area contributed by atoms with Crippen LogP contribution >= 0.6 is 7.26 Å². The Balaban J connectivity index is 1.54. The highest BCUT2D eigenvalue weighted by molar-refractivity contribution is 7.96. The molecule has 184 valence electrons. The van der Waals surface area contributed by atoms with Gasteiger partial charge in [0.2, 0.25) is 0 Å². The van der Waals surface area contributed by atoms with E-state index in [1.165, 1.54) is 27.0 Å². The first-order valence-corrected chi connectivity index (χ1v) is 15.0. The van der Waals surface area contributed by atoms with Crippen LogP contribution in [0.25, 0.3) is 6.08 Å². The summed E-state index contributed by atoms with van der Waals surface area (Å²) in [4.78, 5) is 4.81. The summed E-state index contributed by atoms with van der Waals surface area (Å²) in [6, 6.07) is 49.0. The maximum Gasteiger partial charge on any atom is 0.147 e.